The molecule has 0 unspecified atom stereocenters. The van der Waals surface area contributed by atoms with Crippen LogP contribution in [-0.4, -0.2) is 63.7 Å². The molecule has 1 aromatic carbocycles. The Morgan fingerprint density at radius 1 is 1.14 bits per heavy atom. The summed E-state index contributed by atoms with van der Waals surface area (Å²) in [4.78, 5) is 13.1. The molecular formula is C19H22ClF3N6. The van der Waals surface area contributed by atoms with Crippen LogP contribution in [0, 0.1) is 0 Å². The van der Waals surface area contributed by atoms with E-state index in [1.165, 1.54) is 0 Å². The molecule has 0 amide bonds. The monoisotopic (exact) mass is 426 g/mol. The standard InChI is InChI=1S/C19H22ClF3N6/c1-27-4-6-28(7-5-27)10-12-2-3-14-13(8-12)16-17(29(14)11-19(21,22)23)18(20)26-15(9-24)25-16/h2-3,8H,4-7,9-11,24H2,1H3. The Labute approximate surface area is 171 Å². The van der Waals surface area contributed by atoms with Crippen molar-refractivity contribution in [1.82, 2.24) is 24.3 Å². The van der Waals surface area contributed by atoms with Crippen molar-refractivity contribution < 1.29 is 13.2 Å². The third-order valence-electron chi connectivity index (χ3n) is 5.29. The Morgan fingerprint density at radius 2 is 1.86 bits per heavy atom. The average molecular weight is 427 g/mol. The zero-order chi connectivity index (χ0) is 20.8. The van der Waals surface area contributed by atoms with E-state index in [0.717, 1.165) is 42.9 Å². The number of nitrogens with zero attached hydrogens (tertiary/aromatic N) is 5. The fourth-order valence-electron chi connectivity index (χ4n) is 3.82. The summed E-state index contributed by atoms with van der Waals surface area (Å²) < 4.78 is 40.9. The Bertz CT molecular complexity index is 1040. The second-order valence-corrected chi connectivity index (χ2v) is 7.82. The fourth-order valence-corrected chi connectivity index (χ4v) is 4.11. The largest absolute Gasteiger partial charge is 0.406 e. The maximum atomic E-state index is 13.2. The van der Waals surface area contributed by atoms with Crippen LogP contribution in [-0.2, 0) is 19.6 Å². The highest BCUT2D eigenvalue weighted by Crippen LogP contribution is 2.34. The molecule has 156 valence electrons. The number of hydrogen-bond acceptors (Lipinski definition) is 5. The molecule has 0 spiro atoms. The Morgan fingerprint density at radius 3 is 2.52 bits per heavy atom. The SMILES string of the molecule is CN1CCN(Cc2ccc3c(c2)c2nc(CN)nc(Cl)c2n3CC(F)(F)F)CC1. The molecule has 6 nitrogen and oxygen atoms in total. The highest BCUT2D eigenvalue weighted by Gasteiger charge is 2.31. The van der Waals surface area contributed by atoms with Crippen molar-refractivity contribution in [3.8, 4) is 0 Å². The second-order valence-electron chi connectivity index (χ2n) is 7.46. The van der Waals surface area contributed by atoms with E-state index in [4.69, 9.17) is 17.3 Å². The van der Waals surface area contributed by atoms with Crippen LogP contribution in [0.25, 0.3) is 21.9 Å². The molecule has 29 heavy (non-hydrogen) atoms. The van der Waals surface area contributed by atoms with Crippen molar-refractivity contribution in [2.45, 2.75) is 25.8 Å². The molecule has 2 N–H and O–H groups in total. The number of likely N-dealkylation sites (N-methyl/N-ethyl adjacent to an activating group) is 1. The number of rotatable bonds is 4. The minimum Gasteiger partial charge on any atom is -0.327 e. The first-order valence-corrected chi connectivity index (χ1v) is 9.78. The fraction of sp³-hybridized carbons (Fsp3) is 0.474. The first kappa shape index (κ1) is 20.3. The molecule has 2 aromatic heterocycles. The second kappa shape index (κ2) is 7.71. The summed E-state index contributed by atoms with van der Waals surface area (Å²) in [6.07, 6.45) is -4.40. The number of nitrogens with two attached hydrogens (primary N) is 1. The Kier molecular flexibility index (Phi) is 5.41. The molecule has 10 heteroatoms. The van der Waals surface area contributed by atoms with Gasteiger partial charge in [-0.25, -0.2) is 9.97 Å². The van der Waals surface area contributed by atoms with Crippen molar-refractivity contribution in [3.63, 3.8) is 0 Å². The number of hydrogen-bond donors (Lipinski definition) is 1. The lowest BCUT2D eigenvalue weighted by Crippen LogP contribution is -2.43. The number of benzene rings is 1. The van der Waals surface area contributed by atoms with Gasteiger partial charge in [0.1, 0.15) is 23.4 Å². The minimum absolute atomic E-state index is 0.0171. The van der Waals surface area contributed by atoms with E-state index in [9.17, 15) is 13.2 Å². The summed E-state index contributed by atoms with van der Waals surface area (Å²) >= 11 is 6.25. The normalized spacial score (nSPS) is 16.9. The third-order valence-corrected chi connectivity index (χ3v) is 5.55. The van der Waals surface area contributed by atoms with Gasteiger partial charge in [0, 0.05) is 38.1 Å². The van der Waals surface area contributed by atoms with Crippen LogP contribution in [0.15, 0.2) is 18.2 Å². The highest BCUT2D eigenvalue weighted by molar-refractivity contribution is 6.34. The summed E-state index contributed by atoms with van der Waals surface area (Å²) in [6.45, 7) is 3.54. The van der Waals surface area contributed by atoms with Gasteiger partial charge in [0.2, 0.25) is 0 Å². The molecule has 1 saturated heterocycles. The smallest absolute Gasteiger partial charge is 0.327 e. The molecule has 3 heterocycles. The Hall–Kier alpha value is -1.94. The minimum atomic E-state index is -4.40. The van der Waals surface area contributed by atoms with E-state index in [2.05, 4.69) is 26.8 Å². The molecule has 4 rings (SSSR count). The maximum Gasteiger partial charge on any atom is 0.406 e. The van der Waals surface area contributed by atoms with Crippen LogP contribution in [0.3, 0.4) is 0 Å². The van der Waals surface area contributed by atoms with Crippen molar-refractivity contribution in [1.29, 1.82) is 0 Å². The number of aromatic nitrogens is 3. The van der Waals surface area contributed by atoms with E-state index in [1.54, 1.807) is 6.07 Å². The van der Waals surface area contributed by atoms with Gasteiger partial charge in [0.15, 0.2) is 5.15 Å². The first-order chi connectivity index (χ1) is 13.7. The molecule has 3 aromatic rings. The summed E-state index contributed by atoms with van der Waals surface area (Å²) in [5.74, 6) is 0.304. The van der Waals surface area contributed by atoms with E-state index < -0.39 is 12.7 Å². The highest BCUT2D eigenvalue weighted by atomic mass is 35.5. The average Bonchev–Trinajstić information content (AvgIpc) is 2.95. The predicted molar refractivity (Wildman–Crippen MR) is 107 cm³/mol. The number of alkyl halides is 3. The maximum absolute atomic E-state index is 13.2. The van der Waals surface area contributed by atoms with E-state index in [-0.39, 0.29) is 17.2 Å². The molecular weight excluding hydrogens is 405 g/mol. The molecule has 0 bridgehead atoms. The van der Waals surface area contributed by atoms with Crippen LogP contribution in [0.5, 0.6) is 0 Å². The zero-order valence-corrected chi connectivity index (χ0v) is 16.8. The van der Waals surface area contributed by atoms with Gasteiger partial charge in [-0.1, -0.05) is 17.7 Å². The topological polar surface area (TPSA) is 63.2 Å². The van der Waals surface area contributed by atoms with Crippen LogP contribution < -0.4 is 5.73 Å². The predicted octanol–water partition coefficient (Wildman–Crippen LogP) is 3.01. The molecule has 0 aliphatic carbocycles. The van der Waals surface area contributed by atoms with Gasteiger partial charge in [-0.15, -0.1) is 0 Å². The Balaban J connectivity index is 1.82. The van der Waals surface area contributed by atoms with Crippen LogP contribution in [0.2, 0.25) is 5.15 Å². The molecule has 0 atom stereocenters. The quantitative estimate of drug-likeness (QED) is 0.650. The van der Waals surface area contributed by atoms with Gasteiger partial charge in [0.25, 0.3) is 0 Å². The van der Waals surface area contributed by atoms with Crippen LogP contribution >= 0.6 is 11.6 Å². The molecule has 1 aliphatic rings. The van der Waals surface area contributed by atoms with Gasteiger partial charge in [-0.05, 0) is 24.7 Å². The molecule has 0 saturated carbocycles. The van der Waals surface area contributed by atoms with Crippen molar-refractivity contribution in [2.75, 3.05) is 33.2 Å². The summed E-state index contributed by atoms with van der Waals surface area (Å²) in [5.41, 5.74) is 7.70. The molecule has 0 radical (unpaired) electrons. The molecule has 1 aliphatic heterocycles. The van der Waals surface area contributed by atoms with E-state index in [0.29, 0.717) is 22.2 Å². The summed E-state index contributed by atoms with van der Waals surface area (Å²) in [7, 11) is 2.09. The first-order valence-electron chi connectivity index (χ1n) is 9.40. The number of halogens is 4. The van der Waals surface area contributed by atoms with Crippen LogP contribution in [0.4, 0.5) is 13.2 Å². The van der Waals surface area contributed by atoms with E-state index >= 15 is 0 Å². The van der Waals surface area contributed by atoms with Crippen molar-refractivity contribution in [2.24, 2.45) is 5.73 Å². The lowest BCUT2D eigenvalue weighted by molar-refractivity contribution is -0.139. The number of piperazine rings is 1. The summed E-state index contributed by atoms with van der Waals surface area (Å²) in [5, 5.41) is 0.617. The third kappa shape index (κ3) is 4.18. The molecule has 1 fully saturated rings. The van der Waals surface area contributed by atoms with Crippen molar-refractivity contribution >= 4 is 33.5 Å². The van der Waals surface area contributed by atoms with Gasteiger partial charge in [-0.3, -0.25) is 4.90 Å². The van der Waals surface area contributed by atoms with Gasteiger partial charge in [0.05, 0.1) is 12.1 Å². The van der Waals surface area contributed by atoms with E-state index in [1.807, 2.05) is 12.1 Å². The lowest BCUT2D eigenvalue weighted by atomic mass is 10.1. The van der Waals surface area contributed by atoms with Gasteiger partial charge >= 0.3 is 6.18 Å². The van der Waals surface area contributed by atoms with Crippen molar-refractivity contribution in [3.05, 3.63) is 34.7 Å². The van der Waals surface area contributed by atoms with Gasteiger partial charge in [-0.2, -0.15) is 13.2 Å². The summed E-state index contributed by atoms with van der Waals surface area (Å²) in [6, 6.07) is 5.50. The zero-order valence-electron chi connectivity index (χ0n) is 16.0. The number of fused-ring (bicyclic) bond motifs is 3. The van der Waals surface area contributed by atoms with Crippen LogP contribution in [0.1, 0.15) is 11.4 Å². The lowest BCUT2D eigenvalue weighted by Gasteiger charge is -2.32. The van der Waals surface area contributed by atoms with Gasteiger partial charge < -0.3 is 15.2 Å².